The SMILES string of the molecule is COc1cc(OC)c(C(=O)N[C@H]2CC[C@@H](NC(=O)c3cc(C(=O)NC4CCC(N)CC4)c(OC)cc3OC)CC2)cc1C(=O)NCCN. The van der Waals surface area contributed by atoms with Gasteiger partial charge >= 0.3 is 0 Å². The van der Waals surface area contributed by atoms with Gasteiger partial charge in [-0.15, -0.1) is 0 Å². The van der Waals surface area contributed by atoms with Crippen LogP contribution in [0.5, 0.6) is 23.0 Å². The fraction of sp³-hybridized carbons (Fsp3) is 0.529. The van der Waals surface area contributed by atoms with E-state index in [0.717, 1.165) is 25.7 Å². The number of carbonyl (C=O) groups is 4. The molecule has 2 aromatic rings. The van der Waals surface area contributed by atoms with Crippen LogP contribution in [-0.4, -0.2) is 89.3 Å². The predicted octanol–water partition coefficient (Wildman–Crippen LogP) is 1.88. The lowest BCUT2D eigenvalue weighted by Gasteiger charge is -2.30. The zero-order valence-electron chi connectivity index (χ0n) is 28.1. The first-order valence-electron chi connectivity index (χ1n) is 16.3. The van der Waals surface area contributed by atoms with E-state index in [2.05, 4.69) is 21.3 Å². The number of benzene rings is 2. The van der Waals surface area contributed by atoms with E-state index in [1.807, 2.05) is 0 Å². The molecule has 0 atom stereocenters. The van der Waals surface area contributed by atoms with Crippen LogP contribution in [0.3, 0.4) is 0 Å². The second kappa shape index (κ2) is 17.0. The summed E-state index contributed by atoms with van der Waals surface area (Å²) in [4.78, 5) is 52.8. The number of nitrogens with one attached hydrogen (secondary N) is 4. The molecule has 0 heterocycles. The summed E-state index contributed by atoms with van der Waals surface area (Å²) < 4.78 is 21.7. The first kappa shape index (κ1) is 36.3. The van der Waals surface area contributed by atoms with Crippen LogP contribution < -0.4 is 51.7 Å². The van der Waals surface area contributed by atoms with E-state index in [9.17, 15) is 19.2 Å². The highest BCUT2D eigenvalue weighted by atomic mass is 16.5. The van der Waals surface area contributed by atoms with E-state index < -0.39 is 5.91 Å². The van der Waals surface area contributed by atoms with Crippen molar-refractivity contribution in [3.63, 3.8) is 0 Å². The van der Waals surface area contributed by atoms with Crippen molar-refractivity contribution in [3.05, 3.63) is 46.5 Å². The third kappa shape index (κ3) is 8.86. The first-order valence-corrected chi connectivity index (χ1v) is 16.3. The van der Waals surface area contributed by atoms with Crippen LogP contribution in [-0.2, 0) is 0 Å². The molecule has 0 saturated heterocycles. The van der Waals surface area contributed by atoms with Crippen LogP contribution >= 0.6 is 0 Å². The molecule has 8 N–H and O–H groups in total. The Morgan fingerprint density at radius 3 is 1.19 bits per heavy atom. The second-order valence-corrected chi connectivity index (χ2v) is 12.1. The lowest BCUT2D eigenvalue weighted by Crippen LogP contribution is -2.44. The highest BCUT2D eigenvalue weighted by Gasteiger charge is 2.29. The van der Waals surface area contributed by atoms with E-state index in [-0.39, 0.29) is 94.5 Å². The van der Waals surface area contributed by atoms with Crippen LogP contribution in [0.1, 0.15) is 92.8 Å². The first-order chi connectivity index (χ1) is 23.1. The summed E-state index contributed by atoms with van der Waals surface area (Å²) in [5.74, 6) is -0.368. The molecule has 2 aliphatic carbocycles. The van der Waals surface area contributed by atoms with Gasteiger partial charge in [-0.05, 0) is 63.5 Å². The van der Waals surface area contributed by atoms with Crippen LogP contribution in [0, 0.1) is 0 Å². The number of nitrogens with two attached hydrogens (primary N) is 2. The van der Waals surface area contributed by atoms with Crippen LogP contribution in [0.15, 0.2) is 24.3 Å². The fourth-order valence-electron chi connectivity index (χ4n) is 6.22. The molecule has 48 heavy (non-hydrogen) atoms. The molecule has 0 bridgehead atoms. The van der Waals surface area contributed by atoms with Crippen molar-refractivity contribution in [2.24, 2.45) is 11.5 Å². The topological polar surface area (TPSA) is 205 Å². The summed E-state index contributed by atoms with van der Waals surface area (Å²) in [7, 11) is 5.79. The van der Waals surface area contributed by atoms with Gasteiger partial charge in [0, 0.05) is 49.4 Å². The highest BCUT2D eigenvalue weighted by molar-refractivity contribution is 6.04. The molecule has 4 rings (SSSR count). The molecule has 4 amide bonds. The lowest BCUT2D eigenvalue weighted by molar-refractivity contribution is 0.0886. The molecule has 0 aliphatic heterocycles. The third-order valence-corrected chi connectivity index (χ3v) is 8.96. The number of methoxy groups -OCH3 is 4. The number of ether oxygens (including phenoxy) is 4. The van der Waals surface area contributed by atoms with Gasteiger partial charge in [0.25, 0.3) is 23.6 Å². The van der Waals surface area contributed by atoms with Crippen LogP contribution in [0.25, 0.3) is 0 Å². The smallest absolute Gasteiger partial charge is 0.255 e. The molecule has 2 aromatic carbocycles. The normalized spacial score (nSPS) is 20.5. The Morgan fingerprint density at radius 2 is 0.875 bits per heavy atom. The maximum atomic E-state index is 13.5. The van der Waals surface area contributed by atoms with Crippen molar-refractivity contribution in [2.45, 2.75) is 75.5 Å². The molecule has 2 saturated carbocycles. The molecule has 0 aromatic heterocycles. The summed E-state index contributed by atoms with van der Waals surface area (Å²) >= 11 is 0. The Hall–Kier alpha value is -4.56. The maximum absolute atomic E-state index is 13.5. The lowest BCUT2D eigenvalue weighted by atomic mass is 9.90. The Labute approximate surface area is 280 Å². The van der Waals surface area contributed by atoms with E-state index in [1.165, 1.54) is 46.6 Å². The fourth-order valence-corrected chi connectivity index (χ4v) is 6.22. The van der Waals surface area contributed by atoms with Gasteiger partial charge in [0.05, 0.1) is 50.7 Å². The molecule has 14 heteroatoms. The molecule has 0 spiro atoms. The van der Waals surface area contributed by atoms with Gasteiger partial charge in [-0.25, -0.2) is 0 Å². The number of hydrogen-bond acceptors (Lipinski definition) is 10. The molecule has 2 aliphatic rings. The van der Waals surface area contributed by atoms with Gasteiger partial charge in [0.2, 0.25) is 0 Å². The summed E-state index contributed by atoms with van der Waals surface area (Å²) in [6.45, 7) is 0.538. The van der Waals surface area contributed by atoms with Crippen LogP contribution in [0.2, 0.25) is 0 Å². The second-order valence-electron chi connectivity index (χ2n) is 12.1. The molecule has 0 unspecified atom stereocenters. The van der Waals surface area contributed by atoms with Crippen molar-refractivity contribution >= 4 is 23.6 Å². The number of carbonyl (C=O) groups excluding carboxylic acids is 4. The average Bonchev–Trinajstić information content (AvgIpc) is 3.10. The Morgan fingerprint density at radius 1 is 0.562 bits per heavy atom. The zero-order chi connectivity index (χ0) is 34.8. The van der Waals surface area contributed by atoms with E-state index in [4.69, 9.17) is 30.4 Å². The van der Waals surface area contributed by atoms with Gasteiger partial charge in [0.1, 0.15) is 23.0 Å². The predicted molar refractivity (Wildman–Crippen MR) is 179 cm³/mol. The Balaban J connectivity index is 1.39. The van der Waals surface area contributed by atoms with E-state index in [0.29, 0.717) is 31.4 Å². The summed E-state index contributed by atoms with van der Waals surface area (Å²) in [6, 6.07) is 5.86. The van der Waals surface area contributed by atoms with E-state index in [1.54, 1.807) is 6.07 Å². The Kier molecular flexibility index (Phi) is 12.9. The minimum Gasteiger partial charge on any atom is -0.496 e. The van der Waals surface area contributed by atoms with Crippen molar-refractivity contribution in [3.8, 4) is 23.0 Å². The van der Waals surface area contributed by atoms with Crippen molar-refractivity contribution < 1.29 is 38.1 Å². The summed E-state index contributed by atoms with van der Waals surface area (Å²) in [6.07, 6.45) is 5.71. The quantitative estimate of drug-likeness (QED) is 0.183. The molecule has 2 fully saturated rings. The number of amides is 4. The van der Waals surface area contributed by atoms with Gasteiger partial charge in [-0.1, -0.05) is 0 Å². The molecule has 262 valence electrons. The van der Waals surface area contributed by atoms with Gasteiger partial charge in [0.15, 0.2) is 0 Å². The molecular weight excluding hydrogens is 620 g/mol. The molecule has 0 radical (unpaired) electrons. The van der Waals surface area contributed by atoms with Crippen LogP contribution in [0.4, 0.5) is 0 Å². The molecular formula is C34H48N6O8. The largest absolute Gasteiger partial charge is 0.496 e. The van der Waals surface area contributed by atoms with Gasteiger partial charge in [-0.3, -0.25) is 19.2 Å². The number of rotatable bonds is 13. The van der Waals surface area contributed by atoms with E-state index >= 15 is 0 Å². The number of hydrogen-bond donors (Lipinski definition) is 6. The monoisotopic (exact) mass is 668 g/mol. The van der Waals surface area contributed by atoms with Crippen molar-refractivity contribution in [1.29, 1.82) is 0 Å². The summed E-state index contributed by atoms with van der Waals surface area (Å²) in [5.41, 5.74) is 12.4. The zero-order valence-corrected chi connectivity index (χ0v) is 28.1. The molecule has 14 nitrogen and oxygen atoms in total. The summed E-state index contributed by atoms with van der Waals surface area (Å²) in [5, 5.41) is 11.9. The minimum atomic E-state index is -0.416. The standard InChI is InChI=1S/C34H48N6O8/c1-45-27-17-28(46-2)24(15-23(27)31(41)37-14-13-35)32(42)39-21-9-11-22(12-10-21)40-34(44)26-16-25(29(47-3)18-30(26)48-4)33(43)38-20-7-5-19(36)6-8-20/h15-22H,5-14,35-36H2,1-4H3,(H,37,41)(H,38,43)(H,39,42)(H,40,44)/t19?,20?,21-,22+. The Bertz CT molecular complexity index is 1470. The van der Waals surface area contributed by atoms with Crippen molar-refractivity contribution in [2.75, 3.05) is 41.5 Å². The average molecular weight is 669 g/mol. The van der Waals surface area contributed by atoms with Crippen molar-refractivity contribution in [1.82, 2.24) is 21.3 Å². The minimum absolute atomic E-state index is 0.00532. The van der Waals surface area contributed by atoms with Gasteiger partial charge < -0.3 is 51.7 Å². The van der Waals surface area contributed by atoms with Gasteiger partial charge in [-0.2, -0.15) is 0 Å². The maximum Gasteiger partial charge on any atom is 0.255 e. The highest BCUT2D eigenvalue weighted by Crippen LogP contribution is 2.32. The third-order valence-electron chi connectivity index (χ3n) is 8.96.